The monoisotopic (exact) mass is 407 g/mol. The number of carbonyl (C=O) groups is 1. The Kier molecular flexibility index (Phi) is 5.29. The molecule has 1 atom stereocenters. The molecular weight excluding hydrogens is 386 g/mol. The number of fused-ring (bicyclic) bond motifs is 2. The van der Waals surface area contributed by atoms with Crippen LogP contribution in [0.15, 0.2) is 36.0 Å². The topological polar surface area (TPSA) is 77.2 Å². The van der Waals surface area contributed by atoms with E-state index in [-0.39, 0.29) is 6.04 Å². The van der Waals surface area contributed by atoms with Gasteiger partial charge in [-0.1, -0.05) is 30.2 Å². The van der Waals surface area contributed by atoms with Gasteiger partial charge in [-0.25, -0.2) is 4.79 Å². The van der Waals surface area contributed by atoms with E-state index in [1.165, 1.54) is 11.1 Å². The zero-order valence-electron chi connectivity index (χ0n) is 16.3. The summed E-state index contributed by atoms with van der Waals surface area (Å²) in [6.07, 6.45) is 4.54. The van der Waals surface area contributed by atoms with Crippen molar-refractivity contribution in [3.05, 3.63) is 69.0 Å². The lowest BCUT2D eigenvalue weighted by molar-refractivity contribution is 0.115. The van der Waals surface area contributed by atoms with Gasteiger partial charge in [-0.2, -0.15) is 5.26 Å². The van der Waals surface area contributed by atoms with E-state index in [4.69, 9.17) is 11.6 Å². The van der Waals surface area contributed by atoms with Crippen LogP contribution in [-0.2, 0) is 12.8 Å². The van der Waals surface area contributed by atoms with Crippen molar-refractivity contribution in [2.24, 2.45) is 0 Å². The van der Waals surface area contributed by atoms with E-state index in [9.17, 15) is 15.2 Å². The van der Waals surface area contributed by atoms with Crippen LogP contribution in [0.25, 0.3) is 5.57 Å². The molecule has 2 aliphatic rings. The number of pyridine rings is 1. The molecular formula is C23H22ClN3O2. The maximum atomic E-state index is 11.6. The van der Waals surface area contributed by atoms with Crippen molar-refractivity contribution in [1.82, 2.24) is 9.88 Å². The Hall–Kier alpha value is -2.84. The molecule has 29 heavy (non-hydrogen) atoms. The quantitative estimate of drug-likeness (QED) is 0.716. The first-order valence-corrected chi connectivity index (χ1v) is 10.3. The summed E-state index contributed by atoms with van der Waals surface area (Å²) < 4.78 is 0. The Balaban J connectivity index is 1.90. The first-order valence-electron chi connectivity index (χ1n) is 9.91. The number of halogens is 1. The number of benzene rings is 1. The molecule has 1 aliphatic carbocycles. The Bertz CT molecular complexity index is 1050. The fourth-order valence-electron chi connectivity index (χ4n) is 4.53. The van der Waals surface area contributed by atoms with Crippen LogP contribution < -0.4 is 0 Å². The second kappa shape index (κ2) is 7.88. The van der Waals surface area contributed by atoms with Gasteiger partial charge >= 0.3 is 6.09 Å². The average Bonchev–Trinajstić information content (AvgIpc) is 2.89. The molecule has 1 saturated heterocycles. The highest BCUT2D eigenvalue weighted by Gasteiger charge is 2.31. The van der Waals surface area contributed by atoms with Crippen molar-refractivity contribution in [2.45, 2.75) is 45.1 Å². The zero-order chi connectivity index (χ0) is 20.5. The summed E-state index contributed by atoms with van der Waals surface area (Å²) in [4.78, 5) is 17.9. The molecule has 1 aliphatic heterocycles. The number of hydrogen-bond donors (Lipinski definition) is 1. The van der Waals surface area contributed by atoms with Crippen LogP contribution in [0.4, 0.5) is 4.79 Å². The molecule has 2 heterocycles. The van der Waals surface area contributed by atoms with Crippen LogP contribution >= 0.6 is 11.6 Å². The van der Waals surface area contributed by atoms with Gasteiger partial charge < -0.3 is 10.0 Å². The molecule has 1 N–H and O–H groups in total. The van der Waals surface area contributed by atoms with Gasteiger partial charge in [-0.05, 0) is 67.0 Å². The molecule has 1 amide bonds. The van der Waals surface area contributed by atoms with Crippen molar-refractivity contribution < 1.29 is 9.90 Å². The number of aromatic nitrogens is 1. The SMILES string of the molecule is CCC1CC(=C2c3ccc(Cl)cc3CCc3cc(C#N)cnc32)CCN1C(=O)O. The van der Waals surface area contributed by atoms with E-state index < -0.39 is 6.09 Å². The summed E-state index contributed by atoms with van der Waals surface area (Å²) in [7, 11) is 0. The number of amides is 1. The van der Waals surface area contributed by atoms with Crippen LogP contribution in [0, 0.1) is 11.3 Å². The lowest BCUT2D eigenvalue weighted by Crippen LogP contribution is -2.43. The van der Waals surface area contributed by atoms with Gasteiger partial charge in [0.25, 0.3) is 0 Å². The fraction of sp³-hybridized carbons (Fsp3) is 0.348. The van der Waals surface area contributed by atoms with Gasteiger partial charge in [-0.15, -0.1) is 0 Å². The van der Waals surface area contributed by atoms with Crippen LogP contribution in [0.3, 0.4) is 0 Å². The molecule has 2 aromatic rings. The number of nitrogens with zero attached hydrogens (tertiary/aromatic N) is 3. The minimum absolute atomic E-state index is 0.0374. The van der Waals surface area contributed by atoms with Crippen molar-refractivity contribution in [3.63, 3.8) is 0 Å². The summed E-state index contributed by atoms with van der Waals surface area (Å²) in [5, 5.41) is 19.5. The zero-order valence-corrected chi connectivity index (χ0v) is 17.0. The first-order chi connectivity index (χ1) is 14.0. The average molecular weight is 408 g/mol. The number of likely N-dealkylation sites (tertiary alicyclic amines) is 1. The standard InChI is InChI=1S/C23H22ClN3O2/c1-2-19-11-16(7-8-27(19)23(28)29)21-20-6-5-18(24)10-15(20)3-4-17-9-14(12-25)13-26-22(17)21/h5-6,9-10,13,19H,2-4,7-8,11H2,1H3,(H,28,29). The van der Waals surface area contributed by atoms with Crippen LogP contribution in [0.2, 0.25) is 5.02 Å². The van der Waals surface area contributed by atoms with Gasteiger partial charge in [0.1, 0.15) is 6.07 Å². The lowest BCUT2D eigenvalue weighted by Gasteiger charge is -2.35. The van der Waals surface area contributed by atoms with Crippen molar-refractivity contribution in [2.75, 3.05) is 6.54 Å². The van der Waals surface area contributed by atoms with Crippen LogP contribution in [-0.4, -0.2) is 33.7 Å². The lowest BCUT2D eigenvalue weighted by atomic mass is 9.85. The van der Waals surface area contributed by atoms with Gasteiger partial charge in [-0.3, -0.25) is 4.98 Å². The smallest absolute Gasteiger partial charge is 0.407 e. The van der Waals surface area contributed by atoms with E-state index in [1.54, 1.807) is 11.1 Å². The molecule has 148 valence electrons. The summed E-state index contributed by atoms with van der Waals surface area (Å²) in [5.74, 6) is 0. The number of carboxylic acid groups (broad SMARTS) is 1. The number of aryl methyl sites for hydroxylation is 2. The maximum Gasteiger partial charge on any atom is 0.407 e. The number of piperidine rings is 1. The van der Waals surface area contributed by atoms with Gasteiger partial charge in [0, 0.05) is 29.4 Å². The minimum Gasteiger partial charge on any atom is -0.465 e. The molecule has 4 rings (SSSR count). The first kappa shape index (κ1) is 19.5. The molecule has 1 fully saturated rings. The van der Waals surface area contributed by atoms with Crippen molar-refractivity contribution in [1.29, 1.82) is 5.26 Å². The van der Waals surface area contributed by atoms with Gasteiger partial charge in [0.15, 0.2) is 0 Å². The van der Waals surface area contributed by atoms with Crippen molar-refractivity contribution in [3.8, 4) is 6.07 Å². The van der Waals surface area contributed by atoms with E-state index in [2.05, 4.69) is 17.1 Å². The fourth-order valence-corrected chi connectivity index (χ4v) is 4.73. The van der Waals surface area contributed by atoms with E-state index in [1.807, 2.05) is 25.1 Å². The van der Waals surface area contributed by atoms with Crippen LogP contribution in [0.1, 0.15) is 54.1 Å². The summed E-state index contributed by atoms with van der Waals surface area (Å²) >= 11 is 6.28. The van der Waals surface area contributed by atoms with Gasteiger partial charge in [0.05, 0.1) is 11.3 Å². The Labute approximate surface area is 175 Å². The molecule has 0 bridgehead atoms. The molecule has 0 spiro atoms. The molecule has 0 saturated carbocycles. The molecule has 6 heteroatoms. The summed E-state index contributed by atoms with van der Waals surface area (Å²) in [6.45, 7) is 2.52. The Morgan fingerprint density at radius 3 is 2.83 bits per heavy atom. The summed E-state index contributed by atoms with van der Waals surface area (Å²) in [6, 6.07) is 10.0. The minimum atomic E-state index is -0.855. The van der Waals surface area contributed by atoms with E-state index >= 15 is 0 Å². The van der Waals surface area contributed by atoms with Crippen LogP contribution in [0.5, 0.6) is 0 Å². The van der Waals surface area contributed by atoms with Crippen molar-refractivity contribution >= 4 is 23.3 Å². The molecule has 1 aromatic heterocycles. The Morgan fingerprint density at radius 1 is 1.31 bits per heavy atom. The molecule has 1 unspecified atom stereocenters. The molecule has 0 radical (unpaired) electrons. The molecule has 5 nitrogen and oxygen atoms in total. The number of hydrogen-bond acceptors (Lipinski definition) is 3. The number of rotatable bonds is 1. The predicted octanol–water partition coefficient (Wildman–Crippen LogP) is 5.06. The Morgan fingerprint density at radius 2 is 2.10 bits per heavy atom. The highest BCUT2D eigenvalue weighted by molar-refractivity contribution is 6.30. The van der Waals surface area contributed by atoms with Gasteiger partial charge in [0.2, 0.25) is 0 Å². The van der Waals surface area contributed by atoms with E-state index in [0.29, 0.717) is 30.0 Å². The second-order valence-corrected chi connectivity index (χ2v) is 8.05. The normalized spacial score (nSPS) is 21.0. The maximum absolute atomic E-state index is 11.6. The summed E-state index contributed by atoms with van der Waals surface area (Å²) in [5.41, 5.74) is 7.16. The predicted molar refractivity (Wildman–Crippen MR) is 112 cm³/mol. The highest BCUT2D eigenvalue weighted by Crippen LogP contribution is 2.40. The largest absolute Gasteiger partial charge is 0.465 e. The molecule has 1 aromatic carbocycles. The van der Waals surface area contributed by atoms with E-state index in [0.717, 1.165) is 41.7 Å². The third kappa shape index (κ3) is 3.61. The third-order valence-corrected chi connectivity index (χ3v) is 6.22. The highest BCUT2D eigenvalue weighted by atomic mass is 35.5. The second-order valence-electron chi connectivity index (χ2n) is 7.62. The number of nitriles is 1. The third-order valence-electron chi connectivity index (χ3n) is 5.98.